The van der Waals surface area contributed by atoms with Gasteiger partial charge in [-0.2, -0.15) is 18.4 Å². The number of nitriles is 1. The molecule has 0 unspecified atom stereocenters. The molecule has 0 aliphatic rings. The average molecular weight is 525 g/mol. The summed E-state index contributed by atoms with van der Waals surface area (Å²) < 4.78 is 45.0. The maximum absolute atomic E-state index is 13.1. The van der Waals surface area contributed by atoms with E-state index >= 15 is 0 Å². The van der Waals surface area contributed by atoms with Crippen LogP contribution in [0.1, 0.15) is 57.6 Å². The second kappa shape index (κ2) is 10.1. The highest BCUT2D eigenvalue weighted by molar-refractivity contribution is 6.04. The number of benzene rings is 1. The lowest BCUT2D eigenvalue weighted by molar-refractivity contribution is -0.141. The van der Waals surface area contributed by atoms with E-state index in [1.807, 2.05) is 6.07 Å². The van der Waals surface area contributed by atoms with Crippen molar-refractivity contribution in [3.63, 3.8) is 0 Å². The van der Waals surface area contributed by atoms with E-state index < -0.39 is 46.6 Å². The maximum Gasteiger partial charge on any atom is 0.434 e. The van der Waals surface area contributed by atoms with Crippen LogP contribution in [0.3, 0.4) is 0 Å². The second-order valence-electron chi connectivity index (χ2n) is 8.19. The van der Waals surface area contributed by atoms with Gasteiger partial charge in [-0.15, -0.1) is 0 Å². The number of nitrogens with one attached hydrogen (secondary N) is 1. The van der Waals surface area contributed by atoms with Crippen molar-refractivity contribution in [3.8, 4) is 11.8 Å². The molecule has 1 amide bonds. The van der Waals surface area contributed by atoms with Gasteiger partial charge in [0.15, 0.2) is 11.4 Å². The minimum Gasteiger partial charge on any atom is -0.501 e. The topological polar surface area (TPSA) is 160 Å². The van der Waals surface area contributed by atoms with Gasteiger partial charge in [0.1, 0.15) is 17.8 Å². The molecule has 4 rings (SSSR count). The van der Waals surface area contributed by atoms with E-state index in [1.54, 1.807) is 25.1 Å². The summed E-state index contributed by atoms with van der Waals surface area (Å²) in [5.41, 5.74) is -1.94. The predicted octanol–water partition coefficient (Wildman–Crippen LogP) is 3.34. The van der Waals surface area contributed by atoms with Crippen molar-refractivity contribution in [1.29, 1.82) is 5.26 Å². The number of hydrogen-bond acceptors (Lipinski definition) is 9. The molecule has 0 aliphatic heterocycles. The molecule has 4 aromatic rings. The van der Waals surface area contributed by atoms with Crippen LogP contribution in [-0.4, -0.2) is 35.7 Å². The lowest BCUT2D eigenvalue weighted by Crippen LogP contribution is -2.29. The maximum atomic E-state index is 13.1. The molecule has 194 valence electrons. The Labute approximate surface area is 212 Å². The molecule has 11 nitrogen and oxygen atoms in total. The van der Waals surface area contributed by atoms with E-state index in [2.05, 4.69) is 29.9 Å². The molecule has 0 spiro atoms. The van der Waals surface area contributed by atoms with Gasteiger partial charge in [0.05, 0.1) is 29.7 Å². The molecular weight excluding hydrogens is 507 g/mol. The summed E-state index contributed by atoms with van der Waals surface area (Å²) >= 11 is 0. The highest BCUT2D eigenvalue weighted by atomic mass is 19.4. The Morgan fingerprint density at radius 1 is 1.21 bits per heavy atom. The largest absolute Gasteiger partial charge is 0.501 e. The van der Waals surface area contributed by atoms with Gasteiger partial charge in [0.25, 0.3) is 11.5 Å². The van der Waals surface area contributed by atoms with Crippen molar-refractivity contribution in [2.24, 2.45) is 7.05 Å². The zero-order valence-corrected chi connectivity index (χ0v) is 19.8. The number of alkyl halides is 3. The van der Waals surface area contributed by atoms with Crippen LogP contribution in [0, 0.1) is 11.3 Å². The number of carbonyl (C=O) groups excluding carboxylic acids is 1. The highest BCUT2D eigenvalue weighted by Gasteiger charge is 2.35. The molecule has 1 aromatic carbocycles. The molecule has 0 saturated heterocycles. The first-order valence-corrected chi connectivity index (χ1v) is 10.9. The van der Waals surface area contributed by atoms with E-state index in [1.165, 1.54) is 19.3 Å². The van der Waals surface area contributed by atoms with E-state index in [4.69, 9.17) is 0 Å². The Bertz CT molecular complexity index is 1580. The minimum absolute atomic E-state index is 0.0114. The van der Waals surface area contributed by atoms with E-state index in [9.17, 15) is 33.1 Å². The van der Waals surface area contributed by atoms with Crippen LogP contribution in [0.25, 0.3) is 0 Å². The molecule has 3 aromatic heterocycles. The molecule has 0 aliphatic carbocycles. The molecular formula is C24H18F3N7O4. The fraction of sp³-hybridized carbons (Fsp3) is 0.208. The monoisotopic (exact) mass is 525 g/mol. The number of carbonyl (C=O) groups is 1. The Morgan fingerprint density at radius 3 is 2.55 bits per heavy atom. The molecule has 14 heteroatoms. The zero-order valence-electron chi connectivity index (χ0n) is 19.8. The summed E-state index contributed by atoms with van der Waals surface area (Å²) in [6, 6.07) is 8.41. The van der Waals surface area contributed by atoms with Crippen molar-refractivity contribution in [3.05, 3.63) is 93.5 Å². The van der Waals surface area contributed by atoms with Gasteiger partial charge < -0.3 is 14.9 Å². The smallest absolute Gasteiger partial charge is 0.434 e. The normalized spacial score (nSPS) is 12.9. The molecule has 2 atom stereocenters. The lowest BCUT2D eigenvalue weighted by Gasteiger charge is -2.26. The van der Waals surface area contributed by atoms with Crippen LogP contribution in [-0.2, 0) is 13.2 Å². The number of halogens is 3. The SMILES string of the molecule is C[C@@H](c1nc(C(=O)Nc2cnoc2)c(O)c(=O)n1C)[C@H](c1cnc(C(F)(F)F)cn1)c1ccccc1C#N. The van der Waals surface area contributed by atoms with Gasteiger partial charge in [-0.25, -0.2) is 9.97 Å². The van der Waals surface area contributed by atoms with Gasteiger partial charge in [0.2, 0.25) is 5.75 Å². The van der Waals surface area contributed by atoms with Crippen molar-refractivity contribution in [2.45, 2.75) is 24.9 Å². The minimum atomic E-state index is -4.72. The van der Waals surface area contributed by atoms with Crippen molar-refractivity contribution in [1.82, 2.24) is 24.7 Å². The third-order valence-electron chi connectivity index (χ3n) is 5.81. The molecule has 38 heavy (non-hydrogen) atoms. The number of aromatic nitrogens is 5. The molecule has 3 heterocycles. The third kappa shape index (κ3) is 4.94. The number of anilines is 1. The van der Waals surface area contributed by atoms with E-state index in [0.717, 1.165) is 17.0 Å². The van der Waals surface area contributed by atoms with Crippen LogP contribution in [0.2, 0.25) is 0 Å². The van der Waals surface area contributed by atoms with E-state index in [-0.39, 0.29) is 22.8 Å². The van der Waals surface area contributed by atoms with Crippen LogP contribution < -0.4 is 10.9 Å². The summed E-state index contributed by atoms with van der Waals surface area (Å²) in [6.07, 6.45) is -0.886. The van der Waals surface area contributed by atoms with Crippen LogP contribution in [0.5, 0.6) is 5.75 Å². The zero-order chi connectivity index (χ0) is 27.6. The van der Waals surface area contributed by atoms with E-state index in [0.29, 0.717) is 11.8 Å². The summed E-state index contributed by atoms with van der Waals surface area (Å²) in [5.74, 6) is -3.63. The van der Waals surface area contributed by atoms with Crippen molar-refractivity contribution in [2.75, 3.05) is 5.32 Å². The highest BCUT2D eigenvalue weighted by Crippen LogP contribution is 2.38. The molecule has 0 saturated carbocycles. The number of amides is 1. The Kier molecular flexibility index (Phi) is 6.94. The Balaban J connectivity index is 1.86. The first kappa shape index (κ1) is 26.0. The van der Waals surface area contributed by atoms with Crippen molar-refractivity contribution < 1.29 is 27.6 Å². The summed E-state index contributed by atoms with van der Waals surface area (Å²) in [7, 11) is 1.31. The lowest BCUT2D eigenvalue weighted by atomic mass is 9.82. The van der Waals surface area contributed by atoms with Crippen LogP contribution >= 0.6 is 0 Å². The first-order chi connectivity index (χ1) is 18.0. The number of rotatable bonds is 6. The quantitative estimate of drug-likeness (QED) is 0.385. The average Bonchev–Trinajstić information content (AvgIpc) is 3.40. The van der Waals surface area contributed by atoms with Gasteiger partial charge in [-0.3, -0.25) is 19.1 Å². The Hall–Kier alpha value is -5.06. The molecule has 2 N–H and O–H groups in total. The van der Waals surface area contributed by atoms with Gasteiger partial charge in [-0.05, 0) is 11.6 Å². The standard InChI is InChI=1S/C24H18F3N7O4/c1-12(21-33-19(20(35)23(37)34(21)2)22(36)32-14-8-31-38-11-14)18(15-6-4-3-5-13(15)7-28)16-9-30-17(10-29-16)24(25,26)27/h3-6,8-12,18,35H,1-2H3,(H,32,36)/t12-,18+/m1/s1. The van der Waals surface area contributed by atoms with Gasteiger partial charge in [0, 0.05) is 25.1 Å². The van der Waals surface area contributed by atoms with Crippen LogP contribution in [0.4, 0.5) is 18.9 Å². The predicted molar refractivity (Wildman–Crippen MR) is 124 cm³/mol. The van der Waals surface area contributed by atoms with Crippen LogP contribution in [0.15, 0.2) is 58.4 Å². The number of nitrogens with zero attached hydrogens (tertiary/aromatic N) is 6. The summed E-state index contributed by atoms with van der Waals surface area (Å²) in [6.45, 7) is 1.60. The number of hydrogen-bond donors (Lipinski definition) is 2. The third-order valence-corrected chi connectivity index (χ3v) is 5.81. The summed E-state index contributed by atoms with van der Waals surface area (Å²) in [4.78, 5) is 37.3. The van der Waals surface area contributed by atoms with Gasteiger partial charge in [-0.1, -0.05) is 30.3 Å². The number of aromatic hydroxyl groups is 1. The summed E-state index contributed by atoms with van der Waals surface area (Å²) in [5, 5.41) is 25.9. The Morgan fingerprint density at radius 2 is 1.95 bits per heavy atom. The molecule has 0 fully saturated rings. The fourth-order valence-corrected chi connectivity index (χ4v) is 3.98. The molecule has 0 radical (unpaired) electrons. The molecule has 0 bridgehead atoms. The van der Waals surface area contributed by atoms with Crippen molar-refractivity contribution >= 4 is 11.6 Å². The first-order valence-electron chi connectivity index (χ1n) is 10.9. The fourth-order valence-electron chi connectivity index (χ4n) is 3.98. The van der Waals surface area contributed by atoms with Gasteiger partial charge >= 0.3 is 6.18 Å². The second-order valence-corrected chi connectivity index (χ2v) is 8.19.